The van der Waals surface area contributed by atoms with Gasteiger partial charge in [0.1, 0.15) is 5.76 Å². The zero-order valence-electron chi connectivity index (χ0n) is 18.3. The number of ether oxygens (including phenoxy) is 1. The molecule has 0 radical (unpaired) electrons. The van der Waals surface area contributed by atoms with E-state index in [1.165, 1.54) is 13.2 Å². The van der Waals surface area contributed by atoms with Crippen molar-refractivity contribution < 1.29 is 24.5 Å². The third-order valence-corrected chi connectivity index (χ3v) is 6.74. The molecule has 1 unspecified atom stereocenters. The molecule has 2 fully saturated rings. The van der Waals surface area contributed by atoms with Gasteiger partial charge in [0.05, 0.1) is 18.7 Å². The van der Waals surface area contributed by atoms with Crippen LogP contribution in [-0.4, -0.2) is 40.0 Å². The summed E-state index contributed by atoms with van der Waals surface area (Å²) in [7, 11) is 1.46. The number of phenols is 1. The maximum atomic E-state index is 13.2. The summed E-state index contributed by atoms with van der Waals surface area (Å²) in [5, 5.41) is 23.7. The molecule has 1 saturated carbocycles. The molecule has 3 aromatic carbocycles. The number of carbonyl (C=O) groups is 2. The van der Waals surface area contributed by atoms with Crippen LogP contribution in [0.5, 0.6) is 11.5 Å². The maximum Gasteiger partial charge on any atom is 0.295 e. The van der Waals surface area contributed by atoms with Crippen LogP contribution in [0.4, 0.5) is 0 Å². The fourth-order valence-corrected chi connectivity index (χ4v) is 5.11. The highest BCUT2D eigenvalue weighted by Crippen LogP contribution is 2.45. The summed E-state index contributed by atoms with van der Waals surface area (Å²) in [6, 6.07) is 17.2. The third-order valence-electron chi connectivity index (χ3n) is 6.74. The Bertz CT molecular complexity index is 1290. The van der Waals surface area contributed by atoms with E-state index in [9.17, 15) is 19.8 Å². The fourth-order valence-electron chi connectivity index (χ4n) is 5.11. The van der Waals surface area contributed by atoms with Crippen molar-refractivity contribution in [3.63, 3.8) is 0 Å². The number of carbonyl (C=O) groups excluding carboxylic acids is 2. The van der Waals surface area contributed by atoms with Crippen LogP contribution in [0.25, 0.3) is 16.5 Å². The summed E-state index contributed by atoms with van der Waals surface area (Å²) in [6.45, 7) is 0. The number of hydrogen-bond donors (Lipinski definition) is 2. The van der Waals surface area contributed by atoms with Crippen LogP contribution < -0.4 is 4.74 Å². The Morgan fingerprint density at radius 1 is 0.970 bits per heavy atom. The molecule has 1 atom stereocenters. The topological polar surface area (TPSA) is 87.1 Å². The first-order chi connectivity index (χ1) is 16.0. The van der Waals surface area contributed by atoms with Crippen molar-refractivity contribution >= 4 is 28.2 Å². The van der Waals surface area contributed by atoms with Gasteiger partial charge in [-0.3, -0.25) is 9.59 Å². The van der Waals surface area contributed by atoms with Crippen molar-refractivity contribution in [3.05, 3.63) is 77.4 Å². The van der Waals surface area contributed by atoms with Crippen molar-refractivity contribution in [1.82, 2.24) is 4.90 Å². The number of fused-ring (bicyclic) bond motifs is 1. The number of Topliss-reactive ketones (excluding diaryl/α,β-unsaturated/α-hetero) is 1. The number of aliphatic hydroxyl groups is 1. The molecule has 3 aromatic rings. The molecule has 6 nitrogen and oxygen atoms in total. The van der Waals surface area contributed by atoms with Gasteiger partial charge in [0, 0.05) is 11.6 Å². The molecule has 168 valence electrons. The molecule has 0 bridgehead atoms. The Morgan fingerprint density at radius 2 is 1.70 bits per heavy atom. The molecule has 2 N–H and O–H groups in total. The largest absolute Gasteiger partial charge is 0.507 e. The van der Waals surface area contributed by atoms with E-state index in [-0.39, 0.29) is 23.1 Å². The molecule has 1 amide bonds. The smallest absolute Gasteiger partial charge is 0.295 e. The van der Waals surface area contributed by atoms with Gasteiger partial charge in [-0.05, 0) is 47.4 Å². The zero-order chi connectivity index (χ0) is 23.1. The Labute approximate surface area is 191 Å². The lowest BCUT2D eigenvalue weighted by Crippen LogP contribution is -2.37. The third kappa shape index (κ3) is 3.52. The number of amides is 1. The molecule has 1 saturated heterocycles. The number of rotatable bonds is 4. The lowest BCUT2D eigenvalue weighted by atomic mass is 9.93. The highest BCUT2D eigenvalue weighted by atomic mass is 16.5. The summed E-state index contributed by atoms with van der Waals surface area (Å²) in [5.41, 5.74) is 1.08. The van der Waals surface area contributed by atoms with Gasteiger partial charge in [-0.2, -0.15) is 0 Å². The first-order valence-electron chi connectivity index (χ1n) is 11.2. The van der Waals surface area contributed by atoms with E-state index in [1.54, 1.807) is 23.1 Å². The quantitative estimate of drug-likeness (QED) is 0.340. The van der Waals surface area contributed by atoms with Gasteiger partial charge >= 0.3 is 0 Å². The van der Waals surface area contributed by atoms with Crippen LogP contribution >= 0.6 is 0 Å². The van der Waals surface area contributed by atoms with Crippen LogP contribution in [-0.2, 0) is 9.59 Å². The Morgan fingerprint density at radius 3 is 2.39 bits per heavy atom. The molecule has 1 aliphatic heterocycles. The number of hydrogen-bond acceptors (Lipinski definition) is 5. The van der Waals surface area contributed by atoms with Crippen molar-refractivity contribution in [3.8, 4) is 11.5 Å². The van der Waals surface area contributed by atoms with E-state index in [0.29, 0.717) is 16.9 Å². The van der Waals surface area contributed by atoms with Gasteiger partial charge in [-0.15, -0.1) is 0 Å². The molecule has 1 heterocycles. The minimum absolute atomic E-state index is 0.0479. The molecule has 33 heavy (non-hydrogen) atoms. The number of benzene rings is 3. The number of phenolic OH excluding ortho intramolecular Hbond substituents is 1. The van der Waals surface area contributed by atoms with E-state index in [1.807, 2.05) is 36.4 Å². The standard InChI is InChI=1S/C27H25NO5/c1-33-22-13-12-18(15-21(22)29)24-23(26(31)27(32)28(24)20-8-4-5-9-20)25(30)19-11-10-16-6-2-3-7-17(16)14-19/h2-3,6-7,10-15,20,24,29-30H,4-5,8-9H2,1H3/b25-23-. The molecule has 2 aliphatic rings. The SMILES string of the molecule is COc1ccc(C2/C(=C(/O)c3ccc4ccccc4c3)C(=O)C(=O)N2C2CCCC2)cc1O. The first kappa shape index (κ1) is 21.1. The number of methoxy groups -OCH3 is 1. The van der Waals surface area contributed by atoms with Gasteiger partial charge in [0.15, 0.2) is 11.5 Å². The first-order valence-corrected chi connectivity index (χ1v) is 11.2. The highest BCUT2D eigenvalue weighted by Gasteiger charge is 2.49. The lowest BCUT2D eigenvalue weighted by Gasteiger charge is -2.31. The number of nitrogens with zero attached hydrogens (tertiary/aromatic N) is 1. The van der Waals surface area contributed by atoms with E-state index in [4.69, 9.17) is 4.74 Å². The second kappa shape index (κ2) is 8.28. The van der Waals surface area contributed by atoms with E-state index in [2.05, 4.69) is 0 Å². The van der Waals surface area contributed by atoms with Gasteiger partial charge in [-0.1, -0.05) is 55.3 Å². The summed E-state index contributed by atoms with van der Waals surface area (Å²) in [5.74, 6) is -1.30. The second-order valence-electron chi connectivity index (χ2n) is 8.64. The minimum Gasteiger partial charge on any atom is -0.507 e. The van der Waals surface area contributed by atoms with Crippen LogP contribution in [0.3, 0.4) is 0 Å². The van der Waals surface area contributed by atoms with Crippen molar-refractivity contribution in [2.75, 3.05) is 7.11 Å². The number of aliphatic hydroxyl groups excluding tert-OH is 1. The van der Waals surface area contributed by atoms with Gasteiger partial charge < -0.3 is 19.8 Å². The van der Waals surface area contributed by atoms with Gasteiger partial charge in [0.2, 0.25) is 0 Å². The van der Waals surface area contributed by atoms with E-state index in [0.717, 1.165) is 36.5 Å². The Hall–Kier alpha value is -3.80. The molecule has 0 aromatic heterocycles. The maximum absolute atomic E-state index is 13.2. The predicted molar refractivity (Wildman–Crippen MR) is 125 cm³/mol. The average molecular weight is 443 g/mol. The number of ketones is 1. The normalized spacial score (nSPS) is 20.6. The van der Waals surface area contributed by atoms with Gasteiger partial charge in [-0.25, -0.2) is 0 Å². The highest BCUT2D eigenvalue weighted by molar-refractivity contribution is 6.46. The second-order valence-corrected chi connectivity index (χ2v) is 8.64. The summed E-state index contributed by atoms with van der Waals surface area (Å²) < 4.78 is 5.16. The molecule has 5 rings (SSSR count). The predicted octanol–water partition coefficient (Wildman–Crippen LogP) is 4.92. The van der Waals surface area contributed by atoms with E-state index >= 15 is 0 Å². The zero-order valence-corrected chi connectivity index (χ0v) is 18.3. The van der Waals surface area contributed by atoms with Crippen LogP contribution in [0.2, 0.25) is 0 Å². The monoisotopic (exact) mass is 443 g/mol. The number of aromatic hydroxyl groups is 1. The molecule has 1 aliphatic carbocycles. The minimum atomic E-state index is -0.781. The van der Waals surface area contributed by atoms with Crippen molar-refractivity contribution in [1.29, 1.82) is 0 Å². The summed E-state index contributed by atoms with van der Waals surface area (Å²) in [4.78, 5) is 28.0. The molecule has 6 heteroatoms. The molecular weight excluding hydrogens is 418 g/mol. The Balaban J connectivity index is 1.69. The number of likely N-dealkylation sites (tertiary alicyclic amines) is 1. The summed E-state index contributed by atoms with van der Waals surface area (Å²) >= 11 is 0. The Kier molecular flexibility index (Phi) is 5.29. The average Bonchev–Trinajstić information content (AvgIpc) is 3.45. The van der Waals surface area contributed by atoms with Gasteiger partial charge in [0.25, 0.3) is 11.7 Å². The molecule has 0 spiro atoms. The van der Waals surface area contributed by atoms with Crippen molar-refractivity contribution in [2.24, 2.45) is 0 Å². The molecular formula is C27H25NO5. The van der Waals surface area contributed by atoms with Crippen LogP contribution in [0, 0.1) is 0 Å². The van der Waals surface area contributed by atoms with Crippen LogP contribution in [0.1, 0.15) is 42.9 Å². The van der Waals surface area contributed by atoms with Crippen molar-refractivity contribution in [2.45, 2.75) is 37.8 Å². The van der Waals surface area contributed by atoms with Crippen LogP contribution in [0.15, 0.2) is 66.2 Å². The lowest BCUT2D eigenvalue weighted by molar-refractivity contribution is -0.141. The fraction of sp³-hybridized carbons (Fsp3) is 0.259. The van der Waals surface area contributed by atoms with E-state index < -0.39 is 17.7 Å². The summed E-state index contributed by atoms with van der Waals surface area (Å²) in [6.07, 6.45) is 3.58.